The average molecular weight is 820 g/mol. The summed E-state index contributed by atoms with van der Waals surface area (Å²) in [6.07, 6.45) is 2.99. The molecule has 0 N–H and O–H groups in total. The minimum atomic E-state index is -2.74. The summed E-state index contributed by atoms with van der Waals surface area (Å²) < 4.78 is 85.3. The van der Waals surface area contributed by atoms with E-state index in [4.69, 9.17) is 21.8 Å². The first-order valence-electron chi connectivity index (χ1n) is 19.8. The molecular weight excluding hydrogens is 780 g/mol. The molecule has 5 aromatic carbocycles. The summed E-state index contributed by atoms with van der Waals surface area (Å²) in [4.78, 5) is 8.73. The second-order valence-corrected chi connectivity index (χ2v) is 11.4. The molecule has 0 unspecified atom stereocenters. The van der Waals surface area contributed by atoms with Crippen molar-refractivity contribution in [2.45, 2.75) is 20.6 Å². The van der Waals surface area contributed by atoms with Crippen molar-refractivity contribution in [3.05, 3.63) is 163 Å². The zero-order valence-electron chi connectivity index (χ0n) is 34.8. The van der Waals surface area contributed by atoms with E-state index in [9.17, 15) is 0 Å². The van der Waals surface area contributed by atoms with Crippen LogP contribution in [0.1, 0.15) is 29.0 Å². The van der Waals surface area contributed by atoms with Crippen molar-refractivity contribution in [1.82, 2.24) is 9.97 Å². The molecule has 0 bridgehead atoms. The third-order valence-corrected chi connectivity index (χ3v) is 8.39. The molecule has 0 fully saturated rings. The second kappa shape index (κ2) is 13.7. The van der Waals surface area contributed by atoms with Gasteiger partial charge in [0.2, 0.25) is 6.71 Å². The number of fused-ring (bicyclic) bond motifs is 4. The zero-order valence-corrected chi connectivity index (χ0v) is 28.2. The molecule has 0 aliphatic carbocycles. The number of aryl methyl sites for hydroxylation is 3. The van der Waals surface area contributed by atoms with Crippen LogP contribution in [-0.2, 0) is 20.1 Å². The normalized spacial score (nSPS) is 15.2. The van der Waals surface area contributed by atoms with Gasteiger partial charge in [-0.15, -0.1) is 48.0 Å². The summed E-state index contributed by atoms with van der Waals surface area (Å²) in [6, 6.07) is 42.5. The van der Waals surface area contributed by atoms with Gasteiger partial charge in [0.1, 0.15) is 11.5 Å². The van der Waals surface area contributed by atoms with Gasteiger partial charge >= 0.3 is 0 Å². The first-order valence-corrected chi connectivity index (χ1v) is 15.3. The Morgan fingerprint density at radius 3 is 2.16 bits per heavy atom. The Kier molecular flexibility index (Phi) is 6.46. The van der Waals surface area contributed by atoms with Crippen molar-refractivity contribution >= 4 is 23.1 Å². The zero-order chi connectivity index (χ0) is 40.1. The van der Waals surface area contributed by atoms with E-state index in [0.29, 0.717) is 28.5 Å². The van der Waals surface area contributed by atoms with Crippen molar-refractivity contribution in [2.75, 3.05) is 0 Å². The van der Waals surface area contributed by atoms with Crippen LogP contribution in [0.2, 0.25) is 0 Å². The molecule has 0 atom stereocenters. The molecule has 4 heterocycles. The molecule has 7 aromatic rings. The fraction of sp³-hybridized carbons (Fsp3) is 0.0698. The number of rotatable bonds is 3. The Morgan fingerprint density at radius 1 is 0.653 bits per heavy atom. The number of para-hydroxylation sites is 2. The molecule has 9 rings (SSSR count). The number of nitrogens with zero attached hydrogens (tertiary/aromatic N) is 2. The molecule has 2 aliphatic rings. The maximum atomic E-state index is 8.21. The van der Waals surface area contributed by atoms with E-state index in [1.165, 1.54) is 24.4 Å². The Hall–Kier alpha value is -5.29. The van der Waals surface area contributed by atoms with Crippen LogP contribution < -0.4 is 25.9 Å². The number of ether oxygens (including phenoxy) is 2. The maximum absolute atomic E-state index is 8.21. The third kappa shape index (κ3) is 6.10. The predicted molar refractivity (Wildman–Crippen MR) is 194 cm³/mol. The fourth-order valence-corrected chi connectivity index (χ4v) is 6.18. The molecule has 2 aromatic heterocycles. The number of hydrogen-bond acceptors (Lipinski definition) is 4. The van der Waals surface area contributed by atoms with E-state index < -0.39 is 20.6 Å². The summed E-state index contributed by atoms with van der Waals surface area (Å²) in [5.74, 6) is 2.37. The largest absolute Gasteiger partial charge is 0.503 e. The van der Waals surface area contributed by atoms with Crippen LogP contribution in [0.25, 0.3) is 33.6 Å². The van der Waals surface area contributed by atoms with E-state index in [1.807, 2.05) is 91.0 Å². The number of pyridine rings is 2. The van der Waals surface area contributed by atoms with Gasteiger partial charge in [-0.25, -0.2) is 0 Å². The molecule has 49 heavy (non-hydrogen) atoms. The van der Waals surface area contributed by atoms with Gasteiger partial charge < -0.3 is 19.4 Å². The quantitative estimate of drug-likeness (QED) is 0.133. The molecular formula is C43H31BIrN2O2-2. The fourth-order valence-electron chi connectivity index (χ4n) is 6.18. The van der Waals surface area contributed by atoms with E-state index in [-0.39, 0.29) is 54.6 Å². The summed E-state index contributed by atoms with van der Waals surface area (Å²) in [7, 11) is 0. The molecule has 0 saturated heterocycles. The van der Waals surface area contributed by atoms with Gasteiger partial charge in [0.05, 0.1) is 0 Å². The van der Waals surface area contributed by atoms with Crippen LogP contribution in [0, 0.1) is 32.7 Å². The monoisotopic (exact) mass is 820 g/mol. The van der Waals surface area contributed by atoms with E-state index in [1.54, 1.807) is 12.3 Å². The Morgan fingerprint density at radius 2 is 1.43 bits per heavy atom. The van der Waals surface area contributed by atoms with E-state index in [0.717, 1.165) is 39.5 Å². The molecule has 2 aliphatic heterocycles. The molecule has 239 valence electrons. The van der Waals surface area contributed by atoms with Crippen LogP contribution in [0.4, 0.5) is 0 Å². The Labute approximate surface area is 313 Å². The minimum absolute atomic E-state index is 0. The van der Waals surface area contributed by atoms with Gasteiger partial charge in [-0.05, 0) is 83.3 Å². The van der Waals surface area contributed by atoms with Crippen LogP contribution in [0.15, 0.2) is 134 Å². The maximum Gasteiger partial charge on any atom is 0.239 e. The van der Waals surface area contributed by atoms with Crippen molar-refractivity contribution in [3.63, 3.8) is 0 Å². The Balaban J connectivity index is 0.000000336. The third-order valence-electron chi connectivity index (χ3n) is 8.39. The standard InChI is InChI=1S/C32H23BNO2.C11H8N.Ir/c1-19-12-13-22(20(2)16-19)24-17-27(34-18-21(24)3)23-14-15-30-31-32(23)36-29-11-7-5-9-26(29)33(31)25-8-4-6-10-28(25)35-30;1-2-6-10(7-3-1)11-8-4-5-9-12-11;/h4-13,15-18H,1-3H3;1-6,8-9H;/q2*-1;/i1D3,2D3,3D3;;. The van der Waals surface area contributed by atoms with Crippen molar-refractivity contribution in [2.24, 2.45) is 0 Å². The summed E-state index contributed by atoms with van der Waals surface area (Å²) in [6.45, 7) is -8.16. The molecule has 0 spiro atoms. The van der Waals surface area contributed by atoms with Crippen LogP contribution in [0.3, 0.4) is 0 Å². The summed E-state index contributed by atoms with van der Waals surface area (Å²) in [5, 5.41) is 0. The summed E-state index contributed by atoms with van der Waals surface area (Å²) in [5.41, 5.74) is 4.99. The molecule has 6 heteroatoms. The van der Waals surface area contributed by atoms with Crippen molar-refractivity contribution in [1.29, 1.82) is 0 Å². The van der Waals surface area contributed by atoms with Crippen LogP contribution in [0.5, 0.6) is 23.0 Å². The van der Waals surface area contributed by atoms with Crippen LogP contribution in [-0.4, -0.2) is 16.7 Å². The van der Waals surface area contributed by atoms with Gasteiger partial charge in [-0.1, -0.05) is 89.4 Å². The molecule has 0 saturated carbocycles. The van der Waals surface area contributed by atoms with Gasteiger partial charge in [0.25, 0.3) is 0 Å². The average Bonchev–Trinajstić information content (AvgIpc) is 3.20. The van der Waals surface area contributed by atoms with E-state index in [2.05, 4.69) is 22.1 Å². The molecule has 1 radical (unpaired) electrons. The van der Waals surface area contributed by atoms with E-state index >= 15 is 0 Å². The smallest absolute Gasteiger partial charge is 0.239 e. The number of hydrogen-bond donors (Lipinski definition) is 0. The molecule has 0 amide bonds. The number of aromatic nitrogens is 2. The molecule has 4 nitrogen and oxygen atoms in total. The number of benzene rings is 5. The van der Waals surface area contributed by atoms with Gasteiger partial charge in [0.15, 0.2) is 0 Å². The van der Waals surface area contributed by atoms with Crippen molar-refractivity contribution in [3.8, 4) is 56.6 Å². The summed E-state index contributed by atoms with van der Waals surface area (Å²) >= 11 is 0. The first kappa shape index (κ1) is 23.1. The Bertz CT molecular complexity index is 2570. The second-order valence-electron chi connectivity index (χ2n) is 11.4. The van der Waals surface area contributed by atoms with Crippen molar-refractivity contribution < 1.29 is 41.9 Å². The van der Waals surface area contributed by atoms with Crippen LogP contribution >= 0.6 is 0 Å². The predicted octanol–water partition coefficient (Wildman–Crippen LogP) is 8.41. The first-order chi connectivity index (χ1) is 27.2. The van der Waals surface area contributed by atoms with Gasteiger partial charge in [0, 0.05) is 56.3 Å². The van der Waals surface area contributed by atoms with Gasteiger partial charge in [-0.2, -0.15) is 0 Å². The SMILES string of the molecule is [2H]C([2H])([2H])c1ccc(-c2cc(-c3[c-]cc4c5c3Oc3ccccc3B5c3ccccc3O4)ncc2C([2H])([2H])[2H])c(C([2H])([2H])[2H])c1.[Ir].[c-]1ccccc1-c1ccccn1. The topological polar surface area (TPSA) is 44.2 Å². The van der Waals surface area contributed by atoms with Gasteiger partial charge in [-0.3, -0.25) is 0 Å². The minimum Gasteiger partial charge on any atom is -0.503 e.